The predicted molar refractivity (Wildman–Crippen MR) is 98.3 cm³/mol. The van der Waals surface area contributed by atoms with E-state index in [4.69, 9.17) is 14.3 Å². The van der Waals surface area contributed by atoms with Crippen molar-refractivity contribution in [2.75, 3.05) is 33.4 Å². The SMILES string of the molecule is CCNC(=NCc1cc(-c2ccccc2)on1)N1CCC(COC)C1. The van der Waals surface area contributed by atoms with Crippen LogP contribution in [0, 0.1) is 5.92 Å². The van der Waals surface area contributed by atoms with Gasteiger partial charge in [-0.05, 0) is 13.3 Å². The van der Waals surface area contributed by atoms with Crippen molar-refractivity contribution >= 4 is 5.96 Å². The van der Waals surface area contributed by atoms with Gasteiger partial charge in [-0.25, -0.2) is 4.99 Å². The highest BCUT2D eigenvalue weighted by Gasteiger charge is 2.24. The van der Waals surface area contributed by atoms with Crippen molar-refractivity contribution in [3.05, 3.63) is 42.1 Å². The summed E-state index contributed by atoms with van der Waals surface area (Å²) in [7, 11) is 1.76. The molecule has 1 fully saturated rings. The molecule has 1 aromatic heterocycles. The fourth-order valence-corrected chi connectivity index (χ4v) is 3.10. The van der Waals surface area contributed by atoms with Gasteiger partial charge >= 0.3 is 0 Å². The van der Waals surface area contributed by atoms with Crippen LogP contribution in [-0.2, 0) is 11.3 Å². The molecule has 1 atom stereocenters. The van der Waals surface area contributed by atoms with Crippen molar-refractivity contribution in [1.82, 2.24) is 15.4 Å². The van der Waals surface area contributed by atoms with Gasteiger partial charge in [0, 0.05) is 44.3 Å². The Morgan fingerprint density at radius 3 is 3.00 bits per heavy atom. The van der Waals surface area contributed by atoms with Crippen LogP contribution in [-0.4, -0.2) is 49.4 Å². The van der Waals surface area contributed by atoms with Crippen LogP contribution in [0.4, 0.5) is 0 Å². The average molecular weight is 342 g/mol. The zero-order valence-corrected chi connectivity index (χ0v) is 14.9. The molecular weight excluding hydrogens is 316 g/mol. The van der Waals surface area contributed by atoms with Gasteiger partial charge in [0.15, 0.2) is 11.7 Å². The summed E-state index contributed by atoms with van der Waals surface area (Å²) in [5.74, 6) is 2.29. The number of hydrogen-bond donors (Lipinski definition) is 1. The van der Waals surface area contributed by atoms with Crippen LogP contribution in [0.3, 0.4) is 0 Å². The molecule has 1 saturated heterocycles. The van der Waals surface area contributed by atoms with Gasteiger partial charge in [0.05, 0.1) is 13.2 Å². The van der Waals surface area contributed by atoms with Gasteiger partial charge < -0.3 is 19.5 Å². The van der Waals surface area contributed by atoms with Gasteiger partial charge in [-0.3, -0.25) is 0 Å². The molecule has 134 valence electrons. The summed E-state index contributed by atoms with van der Waals surface area (Å²) >= 11 is 0. The number of likely N-dealkylation sites (tertiary alicyclic amines) is 1. The number of methoxy groups -OCH3 is 1. The molecule has 1 aromatic carbocycles. The topological polar surface area (TPSA) is 62.9 Å². The Labute approximate surface area is 148 Å². The van der Waals surface area contributed by atoms with E-state index < -0.39 is 0 Å². The molecule has 0 amide bonds. The number of guanidine groups is 1. The summed E-state index contributed by atoms with van der Waals surface area (Å²) in [5.41, 5.74) is 1.86. The van der Waals surface area contributed by atoms with Crippen LogP contribution in [0.15, 0.2) is 45.9 Å². The zero-order chi connectivity index (χ0) is 17.5. The molecule has 1 aliphatic rings. The molecule has 2 aromatic rings. The number of aromatic nitrogens is 1. The minimum atomic E-state index is 0.504. The van der Waals surface area contributed by atoms with Crippen LogP contribution in [0.25, 0.3) is 11.3 Å². The molecular formula is C19H26N4O2. The number of aliphatic imine (C=N–C) groups is 1. The maximum Gasteiger partial charge on any atom is 0.194 e. The van der Waals surface area contributed by atoms with Gasteiger partial charge in [-0.1, -0.05) is 35.5 Å². The third-order valence-corrected chi connectivity index (χ3v) is 4.33. The highest BCUT2D eigenvalue weighted by molar-refractivity contribution is 5.80. The lowest BCUT2D eigenvalue weighted by molar-refractivity contribution is 0.157. The van der Waals surface area contributed by atoms with E-state index in [9.17, 15) is 0 Å². The molecule has 6 heteroatoms. The molecule has 0 spiro atoms. The monoisotopic (exact) mass is 342 g/mol. The molecule has 0 aliphatic carbocycles. The number of ether oxygens (including phenoxy) is 1. The van der Waals surface area contributed by atoms with Crippen molar-refractivity contribution in [3.8, 4) is 11.3 Å². The zero-order valence-electron chi connectivity index (χ0n) is 14.9. The summed E-state index contributed by atoms with van der Waals surface area (Å²) < 4.78 is 10.7. The molecule has 1 unspecified atom stereocenters. The molecule has 0 bridgehead atoms. The normalized spacial score (nSPS) is 17.9. The molecule has 2 heterocycles. The van der Waals surface area contributed by atoms with Gasteiger partial charge in [0.2, 0.25) is 0 Å². The van der Waals surface area contributed by atoms with Crippen molar-refractivity contribution < 1.29 is 9.26 Å². The van der Waals surface area contributed by atoms with Gasteiger partial charge in [0.1, 0.15) is 5.69 Å². The average Bonchev–Trinajstić information content (AvgIpc) is 3.29. The fourth-order valence-electron chi connectivity index (χ4n) is 3.10. The second kappa shape index (κ2) is 8.67. The molecule has 25 heavy (non-hydrogen) atoms. The van der Waals surface area contributed by atoms with Crippen molar-refractivity contribution in [2.45, 2.75) is 19.9 Å². The summed E-state index contributed by atoms with van der Waals surface area (Å²) in [6.07, 6.45) is 1.14. The van der Waals surface area contributed by atoms with Gasteiger partial charge in [-0.2, -0.15) is 0 Å². The van der Waals surface area contributed by atoms with Crippen LogP contribution < -0.4 is 5.32 Å². The fraction of sp³-hybridized carbons (Fsp3) is 0.474. The van der Waals surface area contributed by atoms with Crippen molar-refractivity contribution in [1.29, 1.82) is 0 Å². The second-order valence-corrected chi connectivity index (χ2v) is 6.27. The van der Waals surface area contributed by atoms with E-state index in [1.165, 1.54) is 0 Å². The first-order valence-electron chi connectivity index (χ1n) is 8.83. The number of nitrogens with one attached hydrogen (secondary N) is 1. The van der Waals surface area contributed by atoms with E-state index in [2.05, 4.69) is 22.3 Å². The number of nitrogens with zero attached hydrogens (tertiary/aromatic N) is 3. The maximum atomic E-state index is 5.45. The first-order valence-corrected chi connectivity index (χ1v) is 8.83. The van der Waals surface area contributed by atoms with Crippen LogP contribution in [0.2, 0.25) is 0 Å². The minimum Gasteiger partial charge on any atom is -0.384 e. The minimum absolute atomic E-state index is 0.504. The summed E-state index contributed by atoms with van der Waals surface area (Å²) in [5, 5.41) is 7.52. The number of benzene rings is 1. The summed E-state index contributed by atoms with van der Waals surface area (Å²) in [4.78, 5) is 7.03. The Kier molecular flexibility index (Phi) is 6.06. The van der Waals surface area contributed by atoms with Gasteiger partial charge in [0.25, 0.3) is 0 Å². The van der Waals surface area contributed by atoms with E-state index in [1.807, 2.05) is 36.4 Å². The third-order valence-electron chi connectivity index (χ3n) is 4.33. The Morgan fingerprint density at radius 1 is 1.40 bits per heavy atom. The van der Waals surface area contributed by atoms with Crippen LogP contribution >= 0.6 is 0 Å². The summed E-state index contributed by atoms with van der Waals surface area (Å²) in [6, 6.07) is 11.9. The summed E-state index contributed by atoms with van der Waals surface area (Å²) in [6.45, 7) is 6.23. The van der Waals surface area contributed by atoms with E-state index >= 15 is 0 Å². The Bertz CT molecular complexity index is 684. The Hall–Kier alpha value is -2.34. The highest BCUT2D eigenvalue weighted by atomic mass is 16.5. The van der Waals surface area contributed by atoms with Crippen LogP contribution in [0.1, 0.15) is 19.0 Å². The smallest absolute Gasteiger partial charge is 0.194 e. The second-order valence-electron chi connectivity index (χ2n) is 6.27. The molecule has 3 rings (SSSR count). The van der Waals surface area contributed by atoms with E-state index in [1.54, 1.807) is 7.11 Å². The standard InChI is InChI=1S/C19H26N4O2/c1-3-20-19(23-10-9-15(13-23)14-24-2)21-12-17-11-18(25-22-17)16-7-5-4-6-8-16/h4-8,11,15H,3,9-10,12-14H2,1-2H3,(H,20,21). The third kappa shape index (κ3) is 4.60. The largest absolute Gasteiger partial charge is 0.384 e. The molecule has 0 radical (unpaired) electrons. The lowest BCUT2D eigenvalue weighted by Gasteiger charge is -2.21. The Morgan fingerprint density at radius 2 is 2.24 bits per heavy atom. The molecule has 0 saturated carbocycles. The Balaban J connectivity index is 1.65. The van der Waals surface area contributed by atoms with E-state index in [-0.39, 0.29) is 0 Å². The maximum absolute atomic E-state index is 5.45. The number of rotatable bonds is 6. The molecule has 1 aliphatic heterocycles. The first-order chi connectivity index (χ1) is 12.3. The van der Waals surface area contributed by atoms with E-state index in [0.29, 0.717) is 12.5 Å². The highest BCUT2D eigenvalue weighted by Crippen LogP contribution is 2.20. The lowest BCUT2D eigenvalue weighted by atomic mass is 10.1. The predicted octanol–water partition coefficient (Wildman–Crippen LogP) is 2.78. The van der Waals surface area contributed by atoms with Crippen LogP contribution in [0.5, 0.6) is 0 Å². The van der Waals surface area contributed by atoms with Crippen molar-refractivity contribution in [3.63, 3.8) is 0 Å². The quantitative estimate of drug-likeness (QED) is 0.646. The van der Waals surface area contributed by atoms with Gasteiger partial charge in [-0.15, -0.1) is 0 Å². The molecule has 1 N–H and O–H groups in total. The van der Waals surface area contributed by atoms with E-state index in [0.717, 1.165) is 55.6 Å². The first kappa shape index (κ1) is 17.5. The number of hydrogen-bond acceptors (Lipinski definition) is 4. The van der Waals surface area contributed by atoms with Crippen molar-refractivity contribution in [2.24, 2.45) is 10.9 Å². The molecule has 6 nitrogen and oxygen atoms in total. The lowest BCUT2D eigenvalue weighted by Crippen LogP contribution is -2.40.